The smallest absolute Gasteiger partial charge is 0.126 e. The van der Waals surface area contributed by atoms with Gasteiger partial charge in [0.1, 0.15) is 42.0 Å². The van der Waals surface area contributed by atoms with E-state index < -0.39 is 30.5 Å². The van der Waals surface area contributed by atoms with Gasteiger partial charge in [0, 0.05) is 16.5 Å². The first-order valence-electron chi connectivity index (χ1n) is 20.1. The minimum absolute atomic E-state index is 0.206. The number of hydrogen-bond acceptors (Lipinski definition) is 7. The van der Waals surface area contributed by atoms with Crippen molar-refractivity contribution in [3.8, 4) is 11.5 Å². The molecule has 0 amide bonds. The first-order valence-corrected chi connectivity index (χ1v) is 20.5. The summed E-state index contributed by atoms with van der Waals surface area (Å²) in [7, 11) is 0. The molecular formula is C49H51ClO7. The number of benzene rings is 5. The van der Waals surface area contributed by atoms with Crippen LogP contribution in [0.4, 0.5) is 0 Å². The van der Waals surface area contributed by atoms with Gasteiger partial charge in [-0.25, -0.2) is 0 Å². The summed E-state index contributed by atoms with van der Waals surface area (Å²) < 4.78 is 47.3. The Kier molecular flexibility index (Phi) is 13.3. The predicted molar refractivity (Wildman–Crippen MR) is 222 cm³/mol. The number of halogens is 1. The summed E-state index contributed by atoms with van der Waals surface area (Å²) in [6, 6.07) is 42.9. The van der Waals surface area contributed by atoms with Crippen LogP contribution in [0, 0.1) is 11.8 Å². The van der Waals surface area contributed by atoms with Gasteiger partial charge in [0.2, 0.25) is 0 Å². The molecule has 2 heterocycles. The van der Waals surface area contributed by atoms with E-state index in [-0.39, 0.29) is 11.8 Å². The molecule has 7 unspecified atom stereocenters. The number of hydrogen-bond donors (Lipinski definition) is 0. The number of ether oxygens (including phenoxy) is 7. The molecule has 5 aromatic carbocycles. The maximum absolute atomic E-state index is 7.26. The Bertz CT molecular complexity index is 2020. The van der Waals surface area contributed by atoms with Crippen molar-refractivity contribution in [1.82, 2.24) is 0 Å². The second-order valence-corrected chi connectivity index (χ2v) is 15.5. The fourth-order valence-corrected chi connectivity index (χ4v) is 8.25. The van der Waals surface area contributed by atoms with Crippen LogP contribution in [0.25, 0.3) is 0 Å². The van der Waals surface area contributed by atoms with Crippen LogP contribution in [0.3, 0.4) is 0 Å². The van der Waals surface area contributed by atoms with E-state index in [0.29, 0.717) is 63.4 Å². The van der Waals surface area contributed by atoms with Crippen LogP contribution in [0.1, 0.15) is 52.8 Å². The van der Waals surface area contributed by atoms with Crippen molar-refractivity contribution in [3.05, 3.63) is 178 Å². The SMILES string of the molecule is CCOc1ccc(Cc2cc3c(cc2Cl)OCC2C=CCC2COCC2OC3C(OCc3ccccc3)C(OCc3ccccc3)C2OCc2ccccc2)cc1. The lowest BCUT2D eigenvalue weighted by Gasteiger charge is -2.47. The lowest BCUT2D eigenvalue weighted by Crippen LogP contribution is -2.58. The van der Waals surface area contributed by atoms with Gasteiger partial charge in [-0.15, -0.1) is 0 Å². The second kappa shape index (κ2) is 19.3. The fourth-order valence-electron chi connectivity index (χ4n) is 8.03. The Morgan fingerprint density at radius 1 is 0.649 bits per heavy atom. The van der Waals surface area contributed by atoms with E-state index in [2.05, 4.69) is 66.7 Å². The number of fused-ring (bicyclic) bond motifs is 5. The normalized spacial score (nSPS) is 24.4. The summed E-state index contributed by atoms with van der Waals surface area (Å²) in [4.78, 5) is 0. The van der Waals surface area contributed by atoms with Crippen LogP contribution in [-0.4, -0.2) is 50.8 Å². The largest absolute Gasteiger partial charge is 0.494 e. The molecule has 8 rings (SSSR count). The summed E-state index contributed by atoms with van der Waals surface area (Å²) in [6.45, 7) is 5.10. The molecule has 0 radical (unpaired) electrons. The topological polar surface area (TPSA) is 64.6 Å². The van der Waals surface area contributed by atoms with Crippen molar-refractivity contribution in [1.29, 1.82) is 0 Å². The lowest BCUT2D eigenvalue weighted by atomic mass is 9.88. The Balaban J connectivity index is 1.22. The molecule has 3 aliphatic rings. The minimum Gasteiger partial charge on any atom is -0.494 e. The molecule has 0 saturated carbocycles. The zero-order valence-corrected chi connectivity index (χ0v) is 33.2. The molecule has 7 atom stereocenters. The second-order valence-electron chi connectivity index (χ2n) is 15.1. The first kappa shape index (κ1) is 39.4. The molecule has 1 aliphatic carbocycles. The summed E-state index contributed by atoms with van der Waals surface area (Å²) in [5.41, 5.74) is 6.08. The van der Waals surface area contributed by atoms with E-state index in [1.165, 1.54) is 0 Å². The molecule has 1 fully saturated rings. The Labute approximate surface area is 341 Å². The number of rotatable bonds is 13. The van der Waals surface area contributed by atoms with Gasteiger partial charge in [0.05, 0.1) is 46.2 Å². The zero-order chi connectivity index (χ0) is 38.8. The molecule has 0 spiro atoms. The van der Waals surface area contributed by atoms with Crippen molar-refractivity contribution < 1.29 is 33.2 Å². The van der Waals surface area contributed by atoms with Crippen LogP contribution in [0.15, 0.2) is 140 Å². The summed E-state index contributed by atoms with van der Waals surface area (Å²) >= 11 is 7.15. The van der Waals surface area contributed by atoms with Crippen LogP contribution in [0.5, 0.6) is 11.5 Å². The molecule has 296 valence electrons. The molecule has 0 N–H and O–H groups in total. The van der Waals surface area contributed by atoms with E-state index in [9.17, 15) is 0 Å². The molecular weight excluding hydrogens is 736 g/mol. The molecule has 7 nitrogen and oxygen atoms in total. The Hall–Kier alpha value is -4.47. The third kappa shape index (κ3) is 9.98. The van der Waals surface area contributed by atoms with Crippen LogP contribution in [0.2, 0.25) is 5.02 Å². The average Bonchev–Trinajstić information content (AvgIpc) is 3.70. The van der Waals surface area contributed by atoms with E-state index >= 15 is 0 Å². The Morgan fingerprint density at radius 2 is 1.26 bits per heavy atom. The standard InChI is InChI=1S/C49H51ClO7/c1-2-52-41-23-21-34(22-24-41)25-40-26-42-44(27-43(40)50)53-32-39-20-12-19-38(39)31-51-33-45-47(54-28-35-13-6-3-7-14-35)49(56-30-37-17-10-5-11-18-37)48(46(42)57-45)55-29-36-15-8-4-9-16-36/h3-18,20-24,26-27,38-39,45-49H,2,19,25,28-33H2,1H3. The van der Waals surface area contributed by atoms with Crippen LogP contribution in [-0.2, 0) is 49.9 Å². The van der Waals surface area contributed by atoms with Crippen molar-refractivity contribution >= 4 is 11.6 Å². The molecule has 5 aromatic rings. The predicted octanol–water partition coefficient (Wildman–Crippen LogP) is 10.1. The minimum atomic E-state index is -0.611. The van der Waals surface area contributed by atoms with Gasteiger partial charge < -0.3 is 33.2 Å². The van der Waals surface area contributed by atoms with Crippen molar-refractivity contribution in [2.45, 2.75) is 70.1 Å². The molecule has 0 aromatic heterocycles. The van der Waals surface area contributed by atoms with E-state index in [1.807, 2.05) is 79.7 Å². The van der Waals surface area contributed by atoms with Crippen LogP contribution >= 0.6 is 11.6 Å². The van der Waals surface area contributed by atoms with Gasteiger partial charge in [0.15, 0.2) is 0 Å². The maximum Gasteiger partial charge on any atom is 0.126 e. The molecule has 1 saturated heterocycles. The summed E-state index contributed by atoms with van der Waals surface area (Å²) in [6.07, 6.45) is 3.26. The average molecular weight is 787 g/mol. The van der Waals surface area contributed by atoms with Crippen molar-refractivity contribution in [2.24, 2.45) is 11.8 Å². The van der Waals surface area contributed by atoms with E-state index in [1.54, 1.807) is 0 Å². The third-order valence-electron chi connectivity index (χ3n) is 11.1. The maximum atomic E-state index is 7.26. The van der Waals surface area contributed by atoms with Crippen molar-refractivity contribution in [3.63, 3.8) is 0 Å². The monoisotopic (exact) mass is 786 g/mol. The van der Waals surface area contributed by atoms with Gasteiger partial charge in [-0.1, -0.05) is 127 Å². The van der Waals surface area contributed by atoms with E-state index in [0.717, 1.165) is 45.6 Å². The Morgan fingerprint density at radius 3 is 1.89 bits per heavy atom. The zero-order valence-electron chi connectivity index (χ0n) is 32.4. The number of allylic oxidation sites excluding steroid dienone is 1. The fraction of sp³-hybridized carbons (Fsp3) is 0.347. The highest BCUT2D eigenvalue weighted by Crippen LogP contribution is 2.44. The first-order chi connectivity index (χ1) is 28.1. The highest BCUT2D eigenvalue weighted by molar-refractivity contribution is 6.31. The quantitative estimate of drug-likeness (QED) is 0.110. The third-order valence-corrected chi connectivity index (χ3v) is 11.4. The van der Waals surface area contributed by atoms with Gasteiger partial charge in [0.25, 0.3) is 0 Å². The van der Waals surface area contributed by atoms with E-state index in [4.69, 9.17) is 44.8 Å². The van der Waals surface area contributed by atoms with Gasteiger partial charge in [-0.3, -0.25) is 0 Å². The van der Waals surface area contributed by atoms with Gasteiger partial charge in [-0.05, 0) is 77.8 Å². The molecule has 8 heteroatoms. The van der Waals surface area contributed by atoms with Gasteiger partial charge in [-0.2, -0.15) is 0 Å². The highest BCUT2D eigenvalue weighted by atomic mass is 35.5. The lowest BCUT2D eigenvalue weighted by molar-refractivity contribution is -0.275. The van der Waals surface area contributed by atoms with Crippen LogP contribution < -0.4 is 9.47 Å². The summed E-state index contributed by atoms with van der Waals surface area (Å²) in [5, 5.41) is 0.631. The molecule has 2 aliphatic heterocycles. The van der Waals surface area contributed by atoms with Crippen molar-refractivity contribution in [2.75, 3.05) is 26.4 Å². The summed E-state index contributed by atoms with van der Waals surface area (Å²) in [5.74, 6) is 2.01. The molecule has 2 bridgehead atoms. The molecule has 57 heavy (non-hydrogen) atoms. The highest BCUT2D eigenvalue weighted by Gasteiger charge is 2.50. The van der Waals surface area contributed by atoms with Gasteiger partial charge >= 0.3 is 0 Å².